The Morgan fingerprint density at radius 2 is 1.94 bits per heavy atom. The minimum atomic E-state index is 0.0936. The fourth-order valence-corrected chi connectivity index (χ4v) is 2.31. The molecule has 2 rings (SSSR count). The number of amides is 1. The lowest BCUT2D eigenvalue weighted by molar-refractivity contribution is -0.120. The zero-order chi connectivity index (χ0) is 12.4. The van der Waals surface area contributed by atoms with Crippen LogP contribution in [0.4, 0.5) is 0 Å². The van der Waals surface area contributed by atoms with Gasteiger partial charge in [0, 0.05) is 6.54 Å². The van der Waals surface area contributed by atoms with Crippen molar-refractivity contribution in [3.63, 3.8) is 0 Å². The van der Waals surface area contributed by atoms with Gasteiger partial charge in [0.25, 0.3) is 0 Å². The molecule has 0 aliphatic carbocycles. The van der Waals surface area contributed by atoms with Gasteiger partial charge >= 0.3 is 0 Å². The number of benzene rings is 1. The van der Waals surface area contributed by atoms with Crippen LogP contribution in [0.2, 0.25) is 0 Å². The van der Waals surface area contributed by atoms with E-state index in [9.17, 15) is 4.79 Å². The first-order valence-electron chi connectivity index (χ1n) is 5.67. The van der Waals surface area contributed by atoms with Crippen LogP contribution in [0.25, 0.3) is 0 Å². The van der Waals surface area contributed by atoms with Gasteiger partial charge in [-0.05, 0) is 36.6 Å². The highest BCUT2D eigenvalue weighted by Crippen LogP contribution is 2.37. The minimum absolute atomic E-state index is 0.0936. The molecule has 0 spiro atoms. The van der Waals surface area contributed by atoms with Crippen LogP contribution in [0.5, 0.6) is 11.5 Å². The lowest BCUT2D eigenvalue weighted by atomic mass is 9.93. The van der Waals surface area contributed by atoms with Gasteiger partial charge in [-0.3, -0.25) is 4.79 Å². The average Bonchev–Trinajstić information content (AvgIpc) is 2.38. The number of hydrogen-bond acceptors (Lipinski definition) is 3. The molecule has 1 aliphatic rings. The molecule has 0 aromatic heterocycles. The van der Waals surface area contributed by atoms with Crippen molar-refractivity contribution in [1.82, 2.24) is 4.90 Å². The van der Waals surface area contributed by atoms with E-state index in [0.717, 1.165) is 30.7 Å². The Bertz CT molecular complexity index is 431. The highest BCUT2D eigenvalue weighted by atomic mass is 16.5. The maximum atomic E-state index is 10.9. The molecule has 1 aliphatic heterocycles. The second-order valence-electron chi connectivity index (χ2n) is 4.18. The molecule has 0 unspecified atom stereocenters. The molecule has 1 amide bonds. The summed E-state index contributed by atoms with van der Waals surface area (Å²) in [6, 6.07) is 4.07. The van der Waals surface area contributed by atoms with Gasteiger partial charge in [-0.2, -0.15) is 0 Å². The largest absolute Gasteiger partial charge is 0.493 e. The SMILES string of the molecule is COc1cc2c(cc1OC)[C@H](C)N(C=O)CC2. The highest BCUT2D eigenvalue weighted by molar-refractivity contribution is 5.54. The smallest absolute Gasteiger partial charge is 0.210 e. The van der Waals surface area contributed by atoms with Crippen molar-refractivity contribution >= 4 is 6.41 Å². The highest BCUT2D eigenvalue weighted by Gasteiger charge is 2.24. The number of methoxy groups -OCH3 is 2. The number of carbonyl (C=O) groups is 1. The van der Waals surface area contributed by atoms with Gasteiger partial charge in [0.1, 0.15) is 0 Å². The van der Waals surface area contributed by atoms with Crippen LogP contribution >= 0.6 is 0 Å². The molecule has 0 saturated carbocycles. The van der Waals surface area contributed by atoms with Crippen LogP contribution < -0.4 is 9.47 Å². The Labute approximate surface area is 101 Å². The first-order valence-corrected chi connectivity index (χ1v) is 5.67. The summed E-state index contributed by atoms with van der Waals surface area (Å²) in [5.74, 6) is 1.46. The molecule has 17 heavy (non-hydrogen) atoms. The number of hydrogen-bond donors (Lipinski definition) is 0. The summed E-state index contributed by atoms with van der Waals surface area (Å²) in [4.78, 5) is 12.7. The van der Waals surface area contributed by atoms with Gasteiger partial charge in [-0.25, -0.2) is 0 Å². The van der Waals surface area contributed by atoms with E-state index in [4.69, 9.17) is 9.47 Å². The lowest BCUT2D eigenvalue weighted by Gasteiger charge is -2.32. The summed E-state index contributed by atoms with van der Waals surface area (Å²) in [7, 11) is 3.25. The fourth-order valence-electron chi connectivity index (χ4n) is 2.31. The van der Waals surface area contributed by atoms with Crippen molar-refractivity contribution in [2.45, 2.75) is 19.4 Å². The van der Waals surface area contributed by atoms with Crippen molar-refractivity contribution in [2.24, 2.45) is 0 Å². The number of fused-ring (bicyclic) bond motifs is 1. The van der Waals surface area contributed by atoms with E-state index in [2.05, 4.69) is 0 Å². The molecule has 0 fully saturated rings. The molecule has 0 N–H and O–H groups in total. The predicted octanol–water partition coefficient (Wildman–Crippen LogP) is 1.78. The zero-order valence-electron chi connectivity index (χ0n) is 10.4. The molecule has 4 heteroatoms. The molecular formula is C13H17NO3. The summed E-state index contributed by atoms with van der Waals surface area (Å²) in [6.45, 7) is 2.78. The van der Waals surface area contributed by atoms with Gasteiger partial charge in [0.05, 0.1) is 20.3 Å². The standard InChI is InChI=1S/C13H17NO3/c1-9-11-7-13(17-3)12(16-2)6-10(11)4-5-14(9)8-15/h6-9H,4-5H2,1-3H3/t9-/m0/s1. The molecule has 4 nitrogen and oxygen atoms in total. The van der Waals surface area contributed by atoms with E-state index in [1.807, 2.05) is 19.1 Å². The van der Waals surface area contributed by atoms with Gasteiger partial charge in [0.15, 0.2) is 11.5 Å². The predicted molar refractivity (Wildman–Crippen MR) is 64.4 cm³/mol. The normalized spacial score (nSPS) is 18.5. The Hall–Kier alpha value is -1.71. The van der Waals surface area contributed by atoms with Gasteiger partial charge < -0.3 is 14.4 Å². The number of carbonyl (C=O) groups excluding carboxylic acids is 1. The topological polar surface area (TPSA) is 38.8 Å². The maximum Gasteiger partial charge on any atom is 0.210 e. The molecule has 1 aromatic rings. The van der Waals surface area contributed by atoms with Gasteiger partial charge in [-0.15, -0.1) is 0 Å². The van der Waals surface area contributed by atoms with Crippen molar-refractivity contribution in [2.75, 3.05) is 20.8 Å². The van der Waals surface area contributed by atoms with Crippen LogP contribution in [0, 0.1) is 0 Å². The molecule has 0 radical (unpaired) electrons. The van der Waals surface area contributed by atoms with E-state index in [1.54, 1.807) is 19.1 Å². The second kappa shape index (κ2) is 4.65. The fraction of sp³-hybridized carbons (Fsp3) is 0.462. The first kappa shape index (κ1) is 11.8. The third-order valence-corrected chi connectivity index (χ3v) is 3.37. The van der Waals surface area contributed by atoms with Crippen molar-refractivity contribution in [1.29, 1.82) is 0 Å². The van der Waals surface area contributed by atoms with Crippen LogP contribution in [0.3, 0.4) is 0 Å². The molecule has 0 bridgehead atoms. The Morgan fingerprint density at radius 3 is 2.53 bits per heavy atom. The zero-order valence-corrected chi connectivity index (χ0v) is 10.4. The molecule has 1 atom stereocenters. The third-order valence-electron chi connectivity index (χ3n) is 3.37. The summed E-state index contributed by atoms with van der Waals surface area (Å²) in [5, 5.41) is 0. The van der Waals surface area contributed by atoms with Crippen LogP contribution in [0.1, 0.15) is 24.1 Å². The van der Waals surface area contributed by atoms with Gasteiger partial charge in [0.2, 0.25) is 6.41 Å². The van der Waals surface area contributed by atoms with E-state index in [-0.39, 0.29) is 6.04 Å². The summed E-state index contributed by atoms with van der Waals surface area (Å²) in [5.41, 5.74) is 2.37. The first-order chi connectivity index (χ1) is 8.21. The van der Waals surface area contributed by atoms with Crippen LogP contribution in [0.15, 0.2) is 12.1 Å². The quantitative estimate of drug-likeness (QED) is 0.750. The Kier molecular flexibility index (Phi) is 3.22. The maximum absolute atomic E-state index is 10.9. The Balaban J connectivity index is 2.46. The van der Waals surface area contributed by atoms with Gasteiger partial charge in [-0.1, -0.05) is 0 Å². The monoisotopic (exact) mass is 235 g/mol. The molecule has 1 aromatic carbocycles. The van der Waals surface area contributed by atoms with Crippen molar-refractivity contribution in [3.05, 3.63) is 23.3 Å². The van der Waals surface area contributed by atoms with E-state index in [0.29, 0.717) is 5.75 Å². The van der Waals surface area contributed by atoms with Crippen LogP contribution in [-0.4, -0.2) is 32.1 Å². The number of nitrogens with zero attached hydrogens (tertiary/aromatic N) is 1. The van der Waals surface area contributed by atoms with Crippen molar-refractivity contribution in [3.8, 4) is 11.5 Å². The van der Waals surface area contributed by atoms with E-state index >= 15 is 0 Å². The number of rotatable bonds is 3. The number of ether oxygens (including phenoxy) is 2. The van der Waals surface area contributed by atoms with E-state index in [1.165, 1.54) is 5.56 Å². The van der Waals surface area contributed by atoms with Crippen molar-refractivity contribution < 1.29 is 14.3 Å². The third kappa shape index (κ3) is 1.95. The molecule has 0 saturated heterocycles. The summed E-state index contributed by atoms with van der Waals surface area (Å²) in [6.07, 6.45) is 1.77. The second-order valence-corrected chi connectivity index (χ2v) is 4.18. The molecule has 1 heterocycles. The molecule has 92 valence electrons. The van der Waals surface area contributed by atoms with Crippen LogP contribution in [-0.2, 0) is 11.2 Å². The molecular weight excluding hydrogens is 218 g/mol. The Morgan fingerprint density at radius 1 is 1.29 bits per heavy atom. The average molecular weight is 235 g/mol. The summed E-state index contributed by atoms with van der Waals surface area (Å²) < 4.78 is 10.6. The van der Waals surface area contributed by atoms with E-state index < -0.39 is 0 Å². The lowest BCUT2D eigenvalue weighted by Crippen LogP contribution is -2.32. The minimum Gasteiger partial charge on any atom is -0.493 e. The summed E-state index contributed by atoms with van der Waals surface area (Å²) >= 11 is 0.